The number of anilines is 3. The molecule has 0 fully saturated rings. The standard InChI is InChI=1S/C22H32N4O8.C22H33N3O7.2C21H30N4O8.CH4/c1-14-5-7-15(8-6-14)24-21(33)23-11-3-2-4-16(12-19(29)30)25-22(34)26-17(13-20(31)32)9-10-18(27)28;1-15-5-7-16(8-6-15)14-23-11-3-2-4-17(12-20(28)29)24-22(32)25-18(13-21(30)31)9-10-19(26)27;1-13-5-7-14(8-6-13)23-20(32)22-11-3-2-4-16(19(30)31)25-21(33)24-15(12-18(28)29)9-10-17(26)27;1-13-5-7-14(8-6-13)23-20(32)22-11-3-2-4-15(12-18(28)29)24-21(33)25-16(19(30)31)9-10-17(26)27;/h5-8,16-17H,2-4,9-13H2,1H3,(H,27,28)(H,29,30)(H,31,32)(H2,23,24,33)(H2,25,26,34);5-8,17-18,23H,2-4,9-14H2,1H3,(H,26,27)(H,28,29)(H,30,31)(H2,24,25,32);2*5-8,15-16H,2-4,9-12H2,1H3,(H,26,27)(H,28,29)(H,30,31)(H2,22,23,32)(H2,24,25,33);1H4/t16-,17-;17-,18-;2*15-,16-;/m0000./s1. The fourth-order valence-electron chi connectivity index (χ4n) is 12.0. The first kappa shape index (κ1) is 118. The number of aryl methyl sites for hydroxylation is 4. The average molecular weight is 1880 g/mol. The number of nitrogens with one attached hydrogen (secondary N) is 15. The molecule has 0 aliphatic heterocycles. The lowest BCUT2D eigenvalue weighted by molar-refractivity contribution is -0.141. The summed E-state index contributed by atoms with van der Waals surface area (Å²) < 4.78 is 0. The van der Waals surface area contributed by atoms with Gasteiger partial charge in [-0.2, -0.15) is 0 Å². The van der Waals surface area contributed by atoms with Gasteiger partial charge in [0.15, 0.2) is 0 Å². The molecule has 0 saturated carbocycles. The first-order valence-electron chi connectivity index (χ1n) is 42.4. The number of rotatable bonds is 59. The number of hydrogen-bond donors (Lipinski definition) is 27. The molecule has 46 nitrogen and oxygen atoms in total. The van der Waals surface area contributed by atoms with Gasteiger partial charge in [0.1, 0.15) is 12.1 Å². The van der Waals surface area contributed by atoms with Crippen molar-refractivity contribution < 1.29 is 152 Å². The Morgan fingerprint density at radius 1 is 0.241 bits per heavy atom. The van der Waals surface area contributed by atoms with Crippen LogP contribution in [0.25, 0.3) is 0 Å². The van der Waals surface area contributed by atoms with Gasteiger partial charge in [-0.05, 0) is 173 Å². The molecule has 27 N–H and O–H groups in total. The Balaban J connectivity index is 0.00000174. The summed E-state index contributed by atoms with van der Waals surface area (Å²) in [5, 5.41) is 146. The molecule has 4 rings (SSSR count). The van der Waals surface area contributed by atoms with E-state index in [1.165, 1.54) is 11.1 Å². The van der Waals surface area contributed by atoms with E-state index in [0.29, 0.717) is 94.5 Å². The predicted octanol–water partition coefficient (Wildman–Crippen LogP) is 8.37. The number of unbranched alkanes of at least 4 members (excludes halogenated alkanes) is 4. The highest BCUT2D eigenvalue weighted by atomic mass is 16.4. The predicted molar refractivity (Wildman–Crippen MR) is 483 cm³/mol. The molecule has 0 aromatic heterocycles. The quantitative estimate of drug-likeness (QED) is 0.0184. The van der Waals surface area contributed by atoms with Gasteiger partial charge in [-0.25, -0.2) is 43.2 Å². The molecule has 0 heterocycles. The van der Waals surface area contributed by atoms with Gasteiger partial charge in [0.2, 0.25) is 0 Å². The zero-order valence-corrected chi connectivity index (χ0v) is 73.9. The van der Waals surface area contributed by atoms with Crippen molar-refractivity contribution in [1.29, 1.82) is 0 Å². The van der Waals surface area contributed by atoms with E-state index in [4.69, 9.17) is 56.2 Å². The monoisotopic (exact) mass is 1880 g/mol. The van der Waals surface area contributed by atoms with Gasteiger partial charge in [0, 0.05) is 105 Å². The highest BCUT2D eigenvalue weighted by Crippen LogP contribution is 2.16. The summed E-state index contributed by atoms with van der Waals surface area (Å²) in [5.74, 6) is -14.1. The Labute approximate surface area is 767 Å². The number of hydrogen-bond acceptors (Lipinski definition) is 20. The third-order valence-corrected chi connectivity index (χ3v) is 18.8. The van der Waals surface area contributed by atoms with Crippen molar-refractivity contribution in [1.82, 2.24) is 63.8 Å². The number of carbonyl (C=O) groups is 19. The highest BCUT2D eigenvalue weighted by molar-refractivity contribution is 5.91. The van der Waals surface area contributed by atoms with Crippen LogP contribution in [0.3, 0.4) is 0 Å². The van der Waals surface area contributed by atoms with Crippen LogP contribution in [0.4, 0.5) is 50.6 Å². The first-order chi connectivity index (χ1) is 62.3. The molecule has 0 aliphatic carbocycles. The van der Waals surface area contributed by atoms with E-state index >= 15 is 0 Å². The second-order valence-electron chi connectivity index (χ2n) is 30.6. The lowest BCUT2D eigenvalue weighted by Gasteiger charge is -2.21. The minimum absolute atomic E-state index is 0. The molecule has 8 atom stereocenters. The van der Waals surface area contributed by atoms with Crippen LogP contribution in [0.1, 0.15) is 202 Å². The van der Waals surface area contributed by atoms with Crippen molar-refractivity contribution >= 4 is 131 Å². The van der Waals surface area contributed by atoms with E-state index < -0.39 is 176 Å². The summed E-state index contributed by atoms with van der Waals surface area (Å²) in [5.41, 5.74) is 7.53. The van der Waals surface area contributed by atoms with Gasteiger partial charge in [-0.1, -0.05) is 96.8 Å². The van der Waals surface area contributed by atoms with E-state index in [1.807, 2.05) is 76.2 Å². The molecule has 0 unspecified atom stereocenters. The Morgan fingerprint density at radius 2 is 0.459 bits per heavy atom. The van der Waals surface area contributed by atoms with E-state index in [2.05, 4.69) is 91.9 Å². The van der Waals surface area contributed by atoms with Gasteiger partial charge in [0.05, 0.1) is 38.5 Å². The lowest BCUT2D eigenvalue weighted by atomic mass is 10.1. The molecule has 0 radical (unpaired) electrons. The lowest BCUT2D eigenvalue weighted by Crippen LogP contribution is -2.49. The molecule has 0 saturated heterocycles. The zero-order valence-electron chi connectivity index (χ0n) is 73.9. The van der Waals surface area contributed by atoms with Gasteiger partial charge >= 0.3 is 114 Å². The Bertz CT molecular complexity index is 4330. The zero-order chi connectivity index (χ0) is 99.0. The SMILES string of the molecule is C.Cc1ccc(CNCCCC[C@@H](CC(=O)O)NC(=O)N[C@@H](CCC(=O)O)CC(=O)O)cc1.Cc1ccc(NC(=O)NCCCC[C@@H](CC(=O)O)NC(=O)N[C@@H](CCC(=O)O)C(=O)O)cc1.Cc1ccc(NC(=O)NCCCC[C@@H](CC(=O)O)NC(=O)N[C@@H](CCC(=O)O)CC(=O)O)cc1.Cc1ccc(NC(=O)NCCCC[C@H](NC(=O)N[C@@H](CCC(=O)O)CC(=O)O)C(=O)O)cc1. The average Bonchev–Trinajstić information content (AvgIpc) is 0.935. The normalized spacial score (nSPS) is 12.2. The van der Waals surface area contributed by atoms with Crippen LogP contribution in [-0.4, -0.2) is 250 Å². The Kier molecular flexibility index (Phi) is 60.9. The number of benzene rings is 4. The molecule has 14 amide bonds. The van der Waals surface area contributed by atoms with E-state index in [9.17, 15) is 96.2 Å². The number of urea groups is 7. The van der Waals surface area contributed by atoms with Crippen molar-refractivity contribution in [2.75, 3.05) is 42.1 Å². The van der Waals surface area contributed by atoms with Crippen LogP contribution >= 0.6 is 0 Å². The second-order valence-corrected chi connectivity index (χ2v) is 30.6. The van der Waals surface area contributed by atoms with Crippen molar-refractivity contribution in [3.8, 4) is 0 Å². The minimum Gasteiger partial charge on any atom is -0.481 e. The largest absolute Gasteiger partial charge is 0.481 e. The maximum Gasteiger partial charge on any atom is 0.326 e. The molecular formula is C87H129N15O31. The summed E-state index contributed by atoms with van der Waals surface area (Å²) in [6.45, 7) is 10.3. The molecule has 0 aliphatic rings. The second kappa shape index (κ2) is 68.5. The number of amides is 14. The van der Waals surface area contributed by atoms with Crippen LogP contribution in [0.15, 0.2) is 97.1 Å². The van der Waals surface area contributed by atoms with E-state index in [1.54, 1.807) is 36.4 Å². The summed E-state index contributed by atoms with van der Waals surface area (Å²) in [7, 11) is 0. The smallest absolute Gasteiger partial charge is 0.326 e. The molecule has 133 heavy (non-hydrogen) atoms. The fraction of sp³-hybridized carbons (Fsp3) is 0.506. The van der Waals surface area contributed by atoms with Crippen LogP contribution in [0.5, 0.6) is 0 Å². The van der Waals surface area contributed by atoms with Crippen LogP contribution in [0.2, 0.25) is 0 Å². The van der Waals surface area contributed by atoms with Gasteiger partial charge in [-0.15, -0.1) is 0 Å². The van der Waals surface area contributed by atoms with Gasteiger partial charge < -0.3 is 141 Å². The third-order valence-electron chi connectivity index (χ3n) is 18.8. The number of carbonyl (C=O) groups excluding carboxylic acids is 7. The van der Waals surface area contributed by atoms with Gasteiger partial charge in [0.25, 0.3) is 0 Å². The molecule has 46 heteroatoms. The summed E-state index contributed by atoms with van der Waals surface area (Å²) in [4.78, 5) is 216. The molecule has 0 spiro atoms. The summed E-state index contributed by atoms with van der Waals surface area (Å²) >= 11 is 0. The summed E-state index contributed by atoms with van der Waals surface area (Å²) in [6.07, 6.45) is 1.30. The maximum atomic E-state index is 12.2. The summed E-state index contributed by atoms with van der Waals surface area (Å²) in [6, 6.07) is 18.2. The van der Waals surface area contributed by atoms with E-state index in [-0.39, 0.29) is 96.5 Å². The molecular weight excluding hydrogens is 1750 g/mol. The Hall–Kier alpha value is -14.6. The molecule has 4 aromatic rings. The van der Waals surface area contributed by atoms with Crippen molar-refractivity contribution in [3.63, 3.8) is 0 Å². The molecule has 4 aromatic carbocycles. The number of carboxylic acid groups (broad SMARTS) is 12. The maximum absolute atomic E-state index is 12.2. The molecule has 738 valence electrons. The van der Waals surface area contributed by atoms with E-state index in [0.717, 1.165) is 36.2 Å². The van der Waals surface area contributed by atoms with Crippen LogP contribution in [0, 0.1) is 27.7 Å². The Morgan fingerprint density at radius 3 is 0.707 bits per heavy atom. The van der Waals surface area contributed by atoms with Crippen molar-refractivity contribution in [2.24, 2.45) is 0 Å². The third kappa shape index (κ3) is 65.6. The first-order valence-corrected chi connectivity index (χ1v) is 42.4. The topological polar surface area (TPSA) is 748 Å². The highest BCUT2D eigenvalue weighted by Gasteiger charge is 2.28. The number of carboxylic acids is 12. The van der Waals surface area contributed by atoms with Gasteiger partial charge in [-0.3, -0.25) is 47.9 Å². The van der Waals surface area contributed by atoms with Crippen LogP contribution < -0.4 is 79.8 Å². The molecule has 0 bridgehead atoms. The fourth-order valence-corrected chi connectivity index (χ4v) is 12.0. The number of aliphatic carboxylic acids is 12. The van der Waals surface area contributed by atoms with Crippen molar-refractivity contribution in [2.45, 2.75) is 257 Å². The van der Waals surface area contributed by atoms with Crippen LogP contribution in [-0.2, 0) is 64.1 Å². The van der Waals surface area contributed by atoms with Crippen molar-refractivity contribution in [3.05, 3.63) is 125 Å². The minimum atomic E-state index is -1.41.